The number of ether oxygens (including phenoxy) is 1. The largest absolute Gasteiger partial charge is 0.375 e. The Hall–Kier alpha value is -0.0800. The SMILES string of the molecule is C1CC2(C1)CC(C1(C3CC3)CCCN1)CCO2. The van der Waals surface area contributed by atoms with E-state index >= 15 is 0 Å². The van der Waals surface area contributed by atoms with Crippen LogP contribution in [0.25, 0.3) is 0 Å². The van der Waals surface area contributed by atoms with Crippen LogP contribution in [0.4, 0.5) is 0 Å². The molecule has 0 amide bonds. The molecule has 2 aliphatic heterocycles. The van der Waals surface area contributed by atoms with E-state index in [1.54, 1.807) is 0 Å². The van der Waals surface area contributed by atoms with Crippen molar-refractivity contribution in [2.45, 2.75) is 68.9 Å². The van der Waals surface area contributed by atoms with E-state index in [4.69, 9.17) is 4.74 Å². The average Bonchev–Trinajstić information content (AvgIpc) is 3.07. The van der Waals surface area contributed by atoms with Crippen molar-refractivity contribution in [1.82, 2.24) is 5.32 Å². The van der Waals surface area contributed by atoms with Gasteiger partial charge in [0.2, 0.25) is 0 Å². The van der Waals surface area contributed by atoms with E-state index < -0.39 is 0 Å². The van der Waals surface area contributed by atoms with Crippen LogP contribution >= 0.6 is 0 Å². The Morgan fingerprint density at radius 3 is 2.41 bits per heavy atom. The Bertz CT molecular complexity index is 300. The molecule has 0 aromatic carbocycles. The molecular formula is C15H25NO. The maximum absolute atomic E-state index is 6.11. The second kappa shape index (κ2) is 3.71. The Morgan fingerprint density at radius 1 is 0.941 bits per heavy atom. The topological polar surface area (TPSA) is 21.3 Å². The van der Waals surface area contributed by atoms with Crippen LogP contribution in [0.15, 0.2) is 0 Å². The van der Waals surface area contributed by atoms with Crippen LogP contribution < -0.4 is 5.32 Å². The first-order valence-electron chi connectivity index (χ1n) is 7.72. The fraction of sp³-hybridized carbons (Fsp3) is 1.00. The molecule has 2 heterocycles. The third-order valence-corrected chi connectivity index (χ3v) is 6.01. The second-order valence-corrected chi connectivity index (χ2v) is 6.92. The minimum atomic E-state index is 0.328. The van der Waals surface area contributed by atoms with E-state index in [-0.39, 0.29) is 0 Å². The number of nitrogens with one attached hydrogen (secondary N) is 1. The lowest BCUT2D eigenvalue weighted by Gasteiger charge is -2.52. The highest BCUT2D eigenvalue weighted by Crippen LogP contribution is 2.54. The van der Waals surface area contributed by atoms with Crippen molar-refractivity contribution in [3.63, 3.8) is 0 Å². The van der Waals surface area contributed by atoms with Crippen molar-refractivity contribution in [2.75, 3.05) is 13.2 Å². The Labute approximate surface area is 104 Å². The lowest BCUT2D eigenvalue weighted by molar-refractivity contribution is -0.155. The molecule has 0 radical (unpaired) electrons. The molecule has 2 nitrogen and oxygen atoms in total. The molecule has 2 heteroatoms. The van der Waals surface area contributed by atoms with Gasteiger partial charge < -0.3 is 10.1 Å². The normalized spacial score (nSPS) is 44.8. The zero-order chi connectivity index (χ0) is 11.3. The fourth-order valence-corrected chi connectivity index (χ4v) is 4.81. The van der Waals surface area contributed by atoms with Gasteiger partial charge in [0.15, 0.2) is 0 Å². The quantitative estimate of drug-likeness (QED) is 0.794. The second-order valence-electron chi connectivity index (χ2n) is 6.92. The molecule has 0 aromatic heterocycles. The molecule has 2 unspecified atom stereocenters. The van der Waals surface area contributed by atoms with Crippen LogP contribution in [0.3, 0.4) is 0 Å². The molecule has 4 fully saturated rings. The molecule has 4 aliphatic rings. The number of hydrogen-bond acceptors (Lipinski definition) is 2. The van der Waals surface area contributed by atoms with Crippen LogP contribution in [-0.2, 0) is 4.74 Å². The molecule has 17 heavy (non-hydrogen) atoms. The summed E-state index contributed by atoms with van der Waals surface area (Å²) in [5, 5.41) is 3.93. The molecule has 0 aromatic rings. The minimum Gasteiger partial charge on any atom is -0.375 e. The molecule has 96 valence electrons. The van der Waals surface area contributed by atoms with Crippen molar-refractivity contribution >= 4 is 0 Å². The molecule has 1 spiro atoms. The average molecular weight is 235 g/mol. The predicted molar refractivity (Wildman–Crippen MR) is 67.9 cm³/mol. The highest BCUT2D eigenvalue weighted by molar-refractivity contribution is 5.10. The lowest BCUT2D eigenvalue weighted by Crippen LogP contribution is -2.56. The standard InChI is InChI=1S/C15H25NO/c1-6-14(7-1)11-13(5-10-17-14)15(12-3-4-12)8-2-9-16-15/h12-13,16H,1-11H2. The maximum atomic E-state index is 6.11. The van der Waals surface area contributed by atoms with E-state index in [2.05, 4.69) is 5.32 Å². The van der Waals surface area contributed by atoms with Gasteiger partial charge in [-0.2, -0.15) is 0 Å². The molecule has 1 N–H and O–H groups in total. The highest BCUT2D eigenvalue weighted by Gasteiger charge is 2.55. The third-order valence-electron chi connectivity index (χ3n) is 6.01. The van der Waals surface area contributed by atoms with E-state index in [9.17, 15) is 0 Å². The van der Waals surface area contributed by atoms with Gasteiger partial charge in [0, 0.05) is 12.1 Å². The summed E-state index contributed by atoms with van der Waals surface area (Å²) in [5.41, 5.74) is 0.863. The van der Waals surface area contributed by atoms with Gasteiger partial charge in [-0.15, -0.1) is 0 Å². The monoisotopic (exact) mass is 235 g/mol. The molecular weight excluding hydrogens is 210 g/mol. The van der Waals surface area contributed by atoms with Gasteiger partial charge in [-0.05, 0) is 76.2 Å². The van der Waals surface area contributed by atoms with Crippen LogP contribution in [-0.4, -0.2) is 24.3 Å². The first-order chi connectivity index (χ1) is 8.33. The Balaban J connectivity index is 1.55. The minimum absolute atomic E-state index is 0.328. The Kier molecular flexibility index (Phi) is 2.36. The van der Waals surface area contributed by atoms with E-state index in [1.807, 2.05) is 0 Å². The molecule has 2 atom stereocenters. The van der Waals surface area contributed by atoms with Gasteiger partial charge in [-0.3, -0.25) is 0 Å². The Morgan fingerprint density at radius 2 is 1.82 bits per heavy atom. The highest BCUT2D eigenvalue weighted by atomic mass is 16.5. The lowest BCUT2D eigenvalue weighted by atomic mass is 9.65. The summed E-state index contributed by atoms with van der Waals surface area (Å²) in [6.07, 6.45) is 12.6. The predicted octanol–water partition coefficient (Wildman–Crippen LogP) is 2.87. The molecule has 4 rings (SSSR count). The van der Waals surface area contributed by atoms with Crippen molar-refractivity contribution in [3.05, 3.63) is 0 Å². The summed E-state index contributed by atoms with van der Waals surface area (Å²) in [7, 11) is 0. The van der Waals surface area contributed by atoms with E-state index in [0.29, 0.717) is 11.1 Å². The first kappa shape index (κ1) is 10.8. The van der Waals surface area contributed by atoms with Crippen LogP contribution in [0, 0.1) is 11.8 Å². The summed E-state index contributed by atoms with van der Waals surface area (Å²) in [4.78, 5) is 0. The van der Waals surface area contributed by atoms with Gasteiger partial charge in [0.1, 0.15) is 0 Å². The van der Waals surface area contributed by atoms with E-state index in [1.165, 1.54) is 64.3 Å². The maximum Gasteiger partial charge on any atom is 0.0686 e. The van der Waals surface area contributed by atoms with Gasteiger partial charge in [-0.25, -0.2) is 0 Å². The smallest absolute Gasteiger partial charge is 0.0686 e. The summed E-state index contributed by atoms with van der Waals surface area (Å²) >= 11 is 0. The van der Waals surface area contributed by atoms with Crippen molar-refractivity contribution in [3.8, 4) is 0 Å². The van der Waals surface area contributed by atoms with Gasteiger partial charge >= 0.3 is 0 Å². The van der Waals surface area contributed by atoms with Crippen LogP contribution in [0.2, 0.25) is 0 Å². The summed E-state index contributed by atoms with van der Waals surface area (Å²) < 4.78 is 6.11. The zero-order valence-electron chi connectivity index (χ0n) is 10.8. The fourth-order valence-electron chi connectivity index (χ4n) is 4.81. The summed E-state index contributed by atoms with van der Waals surface area (Å²) in [5.74, 6) is 1.91. The van der Waals surface area contributed by atoms with Gasteiger partial charge in [-0.1, -0.05) is 0 Å². The summed E-state index contributed by atoms with van der Waals surface area (Å²) in [6, 6.07) is 0. The van der Waals surface area contributed by atoms with Crippen LogP contribution in [0.5, 0.6) is 0 Å². The van der Waals surface area contributed by atoms with E-state index in [0.717, 1.165) is 18.4 Å². The molecule has 2 saturated carbocycles. The molecule has 0 bridgehead atoms. The third kappa shape index (κ3) is 1.60. The molecule has 2 saturated heterocycles. The van der Waals surface area contributed by atoms with Crippen molar-refractivity contribution in [2.24, 2.45) is 11.8 Å². The van der Waals surface area contributed by atoms with Crippen molar-refractivity contribution < 1.29 is 4.74 Å². The number of rotatable bonds is 2. The van der Waals surface area contributed by atoms with Gasteiger partial charge in [0.25, 0.3) is 0 Å². The number of hydrogen-bond donors (Lipinski definition) is 1. The zero-order valence-corrected chi connectivity index (χ0v) is 10.8. The van der Waals surface area contributed by atoms with Gasteiger partial charge in [0.05, 0.1) is 5.60 Å². The summed E-state index contributed by atoms with van der Waals surface area (Å²) in [6.45, 7) is 2.29. The molecule has 2 aliphatic carbocycles. The first-order valence-corrected chi connectivity index (χ1v) is 7.72. The van der Waals surface area contributed by atoms with Crippen LogP contribution in [0.1, 0.15) is 57.8 Å². The van der Waals surface area contributed by atoms with Crippen molar-refractivity contribution in [1.29, 1.82) is 0 Å².